The van der Waals surface area contributed by atoms with Crippen LogP contribution < -0.4 is 4.74 Å². The van der Waals surface area contributed by atoms with Crippen LogP contribution >= 0.6 is 11.6 Å². The first kappa shape index (κ1) is 22.8. The van der Waals surface area contributed by atoms with Crippen molar-refractivity contribution in [1.29, 1.82) is 0 Å². The second kappa shape index (κ2) is 9.54. The number of benzene rings is 2. The van der Waals surface area contributed by atoms with Gasteiger partial charge in [-0.25, -0.2) is 0 Å². The summed E-state index contributed by atoms with van der Waals surface area (Å²) in [6.45, 7) is 2.99. The number of aliphatic hydroxyl groups is 1. The summed E-state index contributed by atoms with van der Waals surface area (Å²) in [6, 6.07) is 11.5. The number of rotatable bonds is 7. The number of hydrogen-bond acceptors (Lipinski definition) is 5. The van der Waals surface area contributed by atoms with Gasteiger partial charge in [0.2, 0.25) is 0 Å². The molecule has 0 bridgehead atoms. The molecule has 0 unspecified atom stereocenters. The topological polar surface area (TPSA) is 70.1 Å². The van der Waals surface area contributed by atoms with Gasteiger partial charge in [-0.05, 0) is 75.4 Å². The average Bonchev–Trinajstić information content (AvgIpc) is 2.98. The molecule has 1 heterocycles. The Bertz CT molecular complexity index is 1010. The zero-order chi connectivity index (χ0) is 22.7. The van der Waals surface area contributed by atoms with E-state index in [9.17, 15) is 14.7 Å². The third-order valence-corrected chi connectivity index (χ3v) is 5.67. The Morgan fingerprint density at radius 1 is 1.16 bits per heavy atom. The van der Waals surface area contributed by atoms with E-state index in [0.29, 0.717) is 29.3 Å². The van der Waals surface area contributed by atoms with Gasteiger partial charge in [-0.15, -0.1) is 0 Å². The molecule has 0 radical (unpaired) electrons. The number of aliphatic hydroxyl groups excluding tert-OH is 1. The monoisotopic (exact) mass is 442 g/mol. The number of nitrogens with zero attached hydrogens (tertiary/aromatic N) is 2. The number of ether oxygens (including phenoxy) is 1. The van der Waals surface area contributed by atoms with E-state index < -0.39 is 17.7 Å². The minimum absolute atomic E-state index is 0.0884. The maximum atomic E-state index is 13.0. The van der Waals surface area contributed by atoms with E-state index in [1.165, 1.54) is 0 Å². The quantitative estimate of drug-likeness (QED) is 0.398. The molecular weight excluding hydrogens is 416 g/mol. The molecule has 1 aliphatic heterocycles. The fourth-order valence-electron chi connectivity index (χ4n) is 3.83. The van der Waals surface area contributed by atoms with Crippen LogP contribution in [0.15, 0.2) is 48.0 Å². The highest BCUT2D eigenvalue weighted by Gasteiger charge is 2.45. The highest BCUT2D eigenvalue weighted by atomic mass is 35.5. The normalized spacial score (nSPS) is 18.1. The summed E-state index contributed by atoms with van der Waals surface area (Å²) >= 11 is 6.05. The summed E-state index contributed by atoms with van der Waals surface area (Å²) in [4.78, 5) is 29.5. The lowest BCUT2D eigenvalue weighted by Gasteiger charge is -2.26. The molecule has 0 spiro atoms. The van der Waals surface area contributed by atoms with Gasteiger partial charge in [-0.2, -0.15) is 0 Å². The SMILES string of the molecule is COc1ccc(/C(O)=C2\C(=O)C(=O)N(CCCN(C)C)[C@@H]2c2ccc(Cl)cc2)c(C)c1. The maximum absolute atomic E-state index is 13.0. The molecule has 3 rings (SSSR count). The molecule has 2 aromatic carbocycles. The smallest absolute Gasteiger partial charge is 0.295 e. The molecule has 0 aromatic heterocycles. The number of halogens is 1. The number of amides is 1. The van der Waals surface area contributed by atoms with Crippen molar-refractivity contribution in [3.63, 3.8) is 0 Å². The standard InChI is InChI=1S/C24H27ClN2O4/c1-15-14-18(31-4)10-11-19(15)22(28)20-21(16-6-8-17(25)9-7-16)27(24(30)23(20)29)13-5-12-26(2)3/h6-11,14,21,28H,5,12-13H2,1-4H3/b22-20+/t21-/m1/s1. The average molecular weight is 443 g/mol. The minimum Gasteiger partial charge on any atom is -0.507 e. The molecule has 0 aliphatic carbocycles. The van der Waals surface area contributed by atoms with Crippen molar-refractivity contribution in [1.82, 2.24) is 9.80 Å². The predicted molar refractivity (Wildman–Crippen MR) is 121 cm³/mol. The molecule has 0 saturated carbocycles. The van der Waals surface area contributed by atoms with Gasteiger partial charge >= 0.3 is 0 Å². The fraction of sp³-hybridized carbons (Fsp3) is 0.333. The molecule has 1 aliphatic rings. The summed E-state index contributed by atoms with van der Waals surface area (Å²) < 4.78 is 5.23. The molecule has 1 fully saturated rings. The van der Waals surface area contributed by atoms with E-state index in [4.69, 9.17) is 16.3 Å². The first-order valence-electron chi connectivity index (χ1n) is 10.1. The Morgan fingerprint density at radius 2 is 1.84 bits per heavy atom. The van der Waals surface area contributed by atoms with Crippen LogP contribution in [0.4, 0.5) is 0 Å². The molecular formula is C24H27ClN2O4. The fourth-order valence-corrected chi connectivity index (χ4v) is 3.96. The van der Waals surface area contributed by atoms with Gasteiger partial charge in [-0.1, -0.05) is 23.7 Å². The van der Waals surface area contributed by atoms with Gasteiger partial charge in [-0.3, -0.25) is 9.59 Å². The van der Waals surface area contributed by atoms with Crippen molar-refractivity contribution in [2.45, 2.75) is 19.4 Å². The highest BCUT2D eigenvalue weighted by molar-refractivity contribution is 6.46. The van der Waals surface area contributed by atoms with Crippen LogP contribution in [-0.2, 0) is 9.59 Å². The number of likely N-dealkylation sites (tertiary alicyclic amines) is 1. The van der Waals surface area contributed by atoms with E-state index in [1.54, 1.807) is 54.5 Å². The summed E-state index contributed by atoms with van der Waals surface area (Å²) in [5.74, 6) is -0.829. The van der Waals surface area contributed by atoms with Crippen LogP contribution in [0.2, 0.25) is 5.02 Å². The Hall–Kier alpha value is -2.83. The first-order chi connectivity index (χ1) is 14.7. The molecule has 1 saturated heterocycles. The number of carbonyl (C=O) groups excluding carboxylic acids is 2. The predicted octanol–water partition coefficient (Wildman–Crippen LogP) is 4.03. The Morgan fingerprint density at radius 3 is 2.42 bits per heavy atom. The van der Waals surface area contributed by atoms with E-state index >= 15 is 0 Å². The van der Waals surface area contributed by atoms with Gasteiger partial charge in [0, 0.05) is 17.1 Å². The molecule has 1 atom stereocenters. The number of Topliss-reactive ketones (excluding diaryl/α,β-unsaturated/α-hetero) is 1. The van der Waals surface area contributed by atoms with Crippen molar-refractivity contribution in [3.8, 4) is 5.75 Å². The van der Waals surface area contributed by atoms with E-state index in [0.717, 1.165) is 17.7 Å². The molecule has 164 valence electrons. The Kier molecular flexibility index (Phi) is 7.03. The molecule has 1 amide bonds. The summed E-state index contributed by atoms with van der Waals surface area (Å²) in [6.07, 6.45) is 0.700. The maximum Gasteiger partial charge on any atom is 0.295 e. The summed E-state index contributed by atoms with van der Waals surface area (Å²) in [5, 5.41) is 11.7. The molecule has 1 N–H and O–H groups in total. The lowest BCUT2D eigenvalue weighted by atomic mass is 9.94. The lowest BCUT2D eigenvalue weighted by Crippen LogP contribution is -2.32. The largest absolute Gasteiger partial charge is 0.507 e. The van der Waals surface area contributed by atoms with Crippen molar-refractivity contribution in [3.05, 3.63) is 69.8 Å². The van der Waals surface area contributed by atoms with Crippen LogP contribution in [-0.4, -0.2) is 60.9 Å². The van der Waals surface area contributed by atoms with Gasteiger partial charge in [0.05, 0.1) is 18.7 Å². The van der Waals surface area contributed by atoms with Crippen molar-refractivity contribution in [2.24, 2.45) is 0 Å². The number of carbonyl (C=O) groups is 2. The summed E-state index contributed by atoms with van der Waals surface area (Å²) in [7, 11) is 5.47. The zero-order valence-electron chi connectivity index (χ0n) is 18.2. The second-order valence-corrected chi connectivity index (χ2v) is 8.32. The van der Waals surface area contributed by atoms with Gasteiger partial charge in [0.15, 0.2) is 0 Å². The number of methoxy groups -OCH3 is 1. The van der Waals surface area contributed by atoms with E-state index in [-0.39, 0.29) is 11.3 Å². The Labute approximate surface area is 187 Å². The van der Waals surface area contributed by atoms with E-state index in [1.807, 2.05) is 25.9 Å². The summed E-state index contributed by atoms with van der Waals surface area (Å²) in [5.41, 5.74) is 2.04. The van der Waals surface area contributed by atoms with Crippen molar-refractivity contribution >= 4 is 29.1 Å². The number of aryl methyl sites for hydroxylation is 1. The second-order valence-electron chi connectivity index (χ2n) is 7.88. The van der Waals surface area contributed by atoms with Crippen LogP contribution in [0.3, 0.4) is 0 Å². The van der Waals surface area contributed by atoms with E-state index in [2.05, 4.69) is 0 Å². The third kappa shape index (κ3) is 4.75. The van der Waals surface area contributed by atoms with Crippen molar-refractivity contribution < 1.29 is 19.4 Å². The molecule has 31 heavy (non-hydrogen) atoms. The lowest BCUT2D eigenvalue weighted by molar-refractivity contribution is -0.139. The first-order valence-corrected chi connectivity index (χ1v) is 10.5. The molecule has 7 heteroatoms. The highest BCUT2D eigenvalue weighted by Crippen LogP contribution is 2.40. The van der Waals surface area contributed by atoms with Gasteiger partial charge in [0.25, 0.3) is 11.7 Å². The number of ketones is 1. The molecule has 6 nitrogen and oxygen atoms in total. The van der Waals surface area contributed by atoms with Crippen LogP contribution in [0.5, 0.6) is 5.75 Å². The third-order valence-electron chi connectivity index (χ3n) is 5.42. The Balaban J connectivity index is 2.11. The van der Waals surface area contributed by atoms with Gasteiger partial charge < -0.3 is 19.6 Å². The van der Waals surface area contributed by atoms with Crippen LogP contribution in [0.25, 0.3) is 5.76 Å². The van der Waals surface area contributed by atoms with Gasteiger partial charge in [0.1, 0.15) is 11.5 Å². The van der Waals surface area contributed by atoms with Crippen molar-refractivity contribution in [2.75, 3.05) is 34.3 Å². The number of hydrogen-bond donors (Lipinski definition) is 1. The van der Waals surface area contributed by atoms with Crippen LogP contribution in [0.1, 0.15) is 29.2 Å². The zero-order valence-corrected chi connectivity index (χ0v) is 18.9. The van der Waals surface area contributed by atoms with Crippen LogP contribution in [0, 0.1) is 6.92 Å². The molecule has 2 aromatic rings. The minimum atomic E-state index is -0.683.